The number of benzene rings is 2. The predicted molar refractivity (Wildman–Crippen MR) is 132 cm³/mol. The van der Waals surface area contributed by atoms with Crippen LogP contribution >= 0.6 is 0 Å². The zero-order chi connectivity index (χ0) is 25.8. The molecule has 1 aromatic heterocycles. The van der Waals surface area contributed by atoms with Gasteiger partial charge in [0.1, 0.15) is 18.2 Å². The molecule has 0 spiro atoms. The van der Waals surface area contributed by atoms with Crippen molar-refractivity contribution in [1.82, 2.24) is 10.2 Å². The number of aromatic nitrogens is 2. The summed E-state index contributed by atoms with van der Waals surface area (Å²) in [6, 6.07) is 14.7. The van der Waals surface area contributed by atoms with E-state index in [-0.39, 0.29) is 24.4 Å². The van der Waals surface area contributed by atoms with Gasteiger partial charge in [0, 0.05) is 11.3 Å². The number of nitriles is 1. The molecule has 1 aliphatic rings. The second-order valence-electron chi connectivity index (χ2n) is 8.88. The van der Waals surface area contributed by atoms with E-state index in [4.69, 9.17) is 24.7 Å². The van der Waals surface area contributed by atoms with Crippen LogP contribution in [-0.4, -0.2) is 29.9 Å². The number of allylic oxidation sites excluding steroid dienone is 1. The minimum absolute atomic E-state index is 0.0202. The maximum absolute atomic E-state index is 12.2. The Kier molecular flexibility index (Phi) is 7.15. The molecule has 3 aromatic rings. The minimum Gasteiger partial charge on any atom is -0.493 e. The molecular formula is C27H28N4O5. The average molecular weight is 489 g/mol. The predicted octanol–water partition coefficient (Wildman–Crippen LogP) is 4.34. The van der Waals surface area contributed by atoms with Gasteiger partial charge >= 0.3 is 5.97 Å². The molecular weight excluding hydrogens is 460 g/mol. The van der Waals surface area contributed by atoms with E-state index in [1.54, 1.807) is 25.3 Å². The van der Waals surface area contributed by atoms with E-state index < -0.39 is 5.92 Å². The number of fused-ring (bicyclic) bond motifs is 1. The third-order valence-electron chi connectivity index (χ3n) is 5.78. The van der Waals surface area contributed by atoms with E-state index in [0.29, 0.717) is 35.1 Å². The van der Waals surface area contributed by atoms with Gasteiger partial charge < -0.3 is 24.7 Å². The topological polar surface area (TPSA) is 132 Å². The number of nitrogens with one attached hydrogen (secondary N) is 1. The number of esters is 1. The lowest BCUT2D eigenvalue weighted by atomic mass is 9.84. The second-order valence-corrected chi connectivity index (χ2v) is 8.88. The van der Waals surface area contributed by atoms with Gasteiger partial charge in [-0.1, -0.05) is 32.0 Å². The van der Waals surface area contributed by atoms with Crippen molar-refractivity contribution < 1.29 is 23.7 Å². The molecule has 186 valence electrons. The van der Waals surface area contributed by atoms with Crippen molar-refractivity contribution in [1.29, 1.82) is 5.26 Å². The number of carbonyl (C=O) groups excluding carboxylic acids is 1. The number of rotatable bonds is 8. The van der Waals surface area contributed by atoms with Gasteiger partial charge in [-0.2, -0.15) is 5.26 Å². The van der Waals surface area contributed by atoms with Crippen molar-refractivity contribution >= 4 is 5.97 Å². The zero-order valence-electron chi connectivity index (χ0n) is 20.6. The van der Waals surface area contributed by atoms with Crippen molar-refractivity contribution in [2.45, 2.75) is 33.3 Å². The van der Waals surface area contributed by atoms with Crippen LogP contribution in [0.2, 0.25) is 0 Å². The second kappa shape index (κ2) is 10.4. The van der Waals surface area contributed by atoms with Gasteiger partial charge in [0.05, 0.1) is 25.2 Å². The van der Waals surface area contributed by atoms with E-state index in [0.717, 1.165) is 22.4 Å². The molecule has 1 aliphatic heterocycles. The summed E-state index contributed by atoms with van der Waals surface area (Å²) in [6.07, 6.45) is 0. The molecule has 3 N–H and O–H groups in total. The summed E-state index contributed by atoms with van der Waals surface area (Å²) in [5, 5.41) is 16.9. The van der Waals surface area contributed by atoms with E-state index in [1.165, 1.54) is 0 Å². The number of aryl methyl sites for hydroxylation is 1. The van der Waals surface area contributed by atoms with Gasteiger partial charge in [0.15, 0.2) is 11.5 Å². The molecule has 0 radical (unpaired) electrons. The van der Waals surface area contributed by atoms with Crippen LogP contribution in [-0.2, 0) is 11.3 Å². The Hall–Kier alpha value is -4.45. The van der Waals surface area contributed by atoms with Crippen molar-refractivity contribution in [3.8, 4) is 23.4 Å². The zero-order valence-corrected chi connectivity index (χ0v) is 20.6. The largest absolute Gasteiger partial charge is 0.493 e. The Morgan fingerprint density at radius 1 is 1.22 bits per heavy atom. The molecule has 36 heavy (non-hydrogen) atoms. The summed E-state index contributed by atoms with van der Waals surface area (Å²) in [5.41, 5.74) is 9.98. The third-order valence-corrected chi connectivity index (χ3v) is 5.78. The fourth-order valence-corrected chi connectivity index (χ4v) is 3.94. The summed E-state index contributed by atoms with van der Waals surface area (Å²) in [5.74, 6) is 0.859. The van der Waals surface area contributed by atoms with Crippen LogP contribution in [0.5, 0.6) is 17.4 Å². The molecule has 0 saturated heterocycles. The number of hydrogen-bond donors (Lipinski definition) is 2. The lowest BCUT2D eigenvalue weighted by molar-refractivity contribution is 0.0459. The van der Waals surface area contributed by atoms with E-state index in [2.05, 4.69) is 16.3 Å². The van der Waals surface area contributed by atoms with Gasteiger partial charge in [-0.15, -0.1) is 5.10 Å². The van der Waals surface area contributed by atoms with E-state index in [9.17, 15) is 10.1 Å². The number of aromatic amines is 1. The molecule has 9 nitrogen and oxygen atoms in total. The number of methoxy groups -OCH3 is 1. The molecule has 0 fully saturated rings. The summed E-state index contributed by atoms with van der Waals surface area (Å²) >= 11 is 0. The van der Waals surface area contributed by atoms with Gasteiger partial charge in [0.25, 0.3) is 0 Å². The maximum atomic E-state index is 12.2. The first-order chi connectivity index (χ1) is 17.3. The first kappa shape index (κ1) is 24.7. The Balaban J connectivity index is 1.57. The van der Waals surface area contributed by atoms with Crippen molar-refractivity contribution in [3.63, 3.8) is 0 Å². The molecule has 0 unspecified atom stereocenters. The molecule has 1 atom stereocenters. The van der Waals surface area contributed by atoms with Gasteiger partial charge in [-0.25, -0.2) is 4.79 Å². The van der Waals surface area contributed by atoms with Crippen LogP contribution in [0.4, 0.5) is 0 Å². The smallest absolute Gasteiger partial charge is 0.338 e. The first-order valence-electron chi connectivity index (χ1n) is 11.5. The van der Waals surface area contributed by atoms with Crippen molar-refractivity contribution in [2.75, 3.05) is 13.7 Å². The highest BCUT2D eigenvalue weighted by atomic mass is 16.5. The molecule has 0 aliphatic carbocycles. The maximum Gasteiger partial charge on any atom is 0.338 e. The highest BCUT2D eigenvalue weighted by molar-refractivity contribution is 5.89. The Morgan fingerprint density at radius 3 is 2.64 bits per heavy atom. The highest BCUT2D eigenvalue weighted by Crippen LogP contribution is 2.44. The lowest BCUT2D eigenvalue weighted by Crippen LogP contribution is -2.21. The quantitative estimate of drug-likeness (QED) is 0.448. The van der Waals surface area contributed by atoms with Gasteiger partial charge in [-0.05, 0) is 48.2 Å². The van der Waals surface area contributed by atoms with Crippen molar-refractivity contribution in [3.05, 3.63) is 81.9 Å². The third kappa shape index (κ3) is 4.98. The molecule has 4 rings (SSSR count). The van der Waals surface area contributed by atoms with Crippen LogP contribution in [0.15, 0.2) is 53.9 Å². The number of carbonyl (C=O) groups is 1. The van der Waals surface area contributed by atoms with Gasteiger partial charge in [0.2, 0.25) is 11.8 Å². The monoisotopic (exact) mass is 488 g/mol. The molecule has 0 amide bonds. The fraction of sp³-hybridized carbons (Fsp3) is 0.296. The van der Waals surface area contributed by atoms with Crippen molar-refractivity contribution in [2.24, 2.45) is 11.7 Å². The lowest BCUT2D eigenvalue weighted by Gasteiger charge is -2.24. The summed E-state index contributed by atoms with van der Waals surface area (Å²) in [6.45, 7) is 6.46. The molecule has 0 bridgehead atoms. The Morgan fingerprint density at radius 2 is 1.97 bits per heavy atom. The molecule has 2 aromatic carbocycles. The number of H-pyrrole nitrogens is 1. The SMILES string of the molecule is COc1ccc([C@H]2C(C#N)=C(N)Oc3n[nH]c(C)c32)cc1OCc1ccc(C(=O)OCC(C)C)cc1. The van der Waals surface area contributed by atoms with Crippen LogP contribution in [0.3, 0.4) is 0 Å². The van der Waals surface area contributed by atoms with E-state index >= 15 is 0 Å². The molecule has 0 saturated carbocycles. The number of hydrogen-bond acceptors (Lipinski definition) is 8. The average Bonchev–Trinajstić information content (AvgIpc) is 3.24. The van der Waals surface area contributed by atoms with Crippen LogP contribution < -0.4 is 19.9 Å². The Bertz CT molecular complexity index is 1340. The normalized spacial score (nSPS) is 14.6. The number of nitrogens with zero attached hydrogens (tertiary/aromatic N) is 2. The summed E-state index contributed by atoms with van der Waals surface area (Å²) in [4.78, 5) is 12.2. The molecule has 9 heteroatoms. The standard InChI is InChI=1S/C27H28N4O5/c1-15(2)13-35-27(32)18-7-5-17(6-8-18)14-34-22-11-19(9-10-21(22)33-4)24-20(12-28)25(29)36-26-23(24)16(3)30-31-26/h5-11,15,24H,13-14,29H2,1-4H3,(H,30,31)/t24-/m0/s1. The summed E-state index contributed by atoms with van der Waals surface area (Å²) < 4.78 is 22.4. The summed E-state index contributed by atoms with van der Waals surface area (Å²) in [7, 11) is 1.56. The van der Waals surface area contributed by atoms with Gasteiger partial charge in [-0.3, -0.25) is 5.10 Å². The Labute approximate surface area is 209 Å². The van der Waals surface area contributed by atoms with Crippen LogP contribution in [0.1, 0.15) is 52.5 Å². The fourth-order valence-electron chi connectivity index (χ4n) is 3.94. The minimum atomic E-state index is -0.470. The highest BCUT2D eigenvalue weighted by Gasteiger charge is 2.34. The number of nitrogens with two attached hydrogens (primary N) is 1. The molecule has 2 heterocycles. The van der Waals surface area contributed by atoms with Crippen LogP contribution in [0.25, 0.3) is 0 Å². The first-order valence-corrected chi connectivity index (χ1v) is 11.5. The van der Waals surface area contributed by atoms with E-state index in [1.807, 2.05) is 45.0 Å². The van der Waals surface area contributed by atoms with Crippen LogP contribution in [0, 0.1) is 24.2 Å². The number of ether oxygens (including phenoxy) is 4.